The fourth-order valence-electron chi connectivity index (χ4n) is 1.97. The Morgan fingerprint density at radius 1 is 1.68 bits per heavy atom. The molecule has 1 saturated heterocycles. The number of H-pyrrole nitrogens is 1. The van der Waals surface area contributed by atoms with E-state index in [4.69, 9.17) is 10.3 Å². The first kappa shape index (κ1) is 13.3. The first-order valence-electron chi connectivity index (χ1n) is 5.69. The number of aliphatic hydroxyl groups excluding tert-OH is 1. The van der Waals surface area contributed by atoms with Gasteiger partial charge in [-0.3, -0.25) is 14.3 Å². The van der Waals surface area contributed by atoms with Crippen molar-refractivity contribution in [3.05, 3.63) is 43.0 Å². The molecule has 0 aromatic carbocycles. The first-order valence-corrected chi connectivity index (χ1v) is 5.69. The smallest absolute Gasteiger partial charge is 0.330 e. The Morgan fingerprint density at radius 2 is 2.42 bits per heavy atom. The number of aromatic nitrogens is 2. The summed E-state index contributed by atoms with van der Waals surface area (Å²) in [4.78, 5) is 27.7. The Balaban J connectivity index is 2.25. The maximum absolute atomic E-state index is 11.7. The van der Waals surface area contributed by atoms with Crippen LogP contribution >= 0.6 is 0 Å². The van der Waals surface area contributed by atoms with Crippen LogP contribution in [0.1, 0.15) is 18.2 Å². The van der Waals surface area contributed by atoms with Gasteiger partial charge in [0.15, 0.2) is 0 Å². The minimum absolute atomic E-state index is 0.00868. The minimum Gasteiger partial charge on any atom is -0.390 e. The second kappa shape index (κ2) is 5.27. The van der Waals surface area contributed by atoms with Crippen molar-refractivity contribution in [3.8, 4) is 0 Å². The topological polar surface area (TPSA) is 133 Å². The lowest BCUT2D eigenvalue weighted by Gasteiger charge is -2.14. The number of ether oxygens (including phenoxy) is 1. The van der Waals surface area contributed by atoms with Crippen molar-refractivity contribution in [1.29, 1.82) is 0 Å². The Bertz CT molecular complexity index is 630. The van der Waals surface area contributed by atoms with E-state index in [0.717, 1.165) is 0 Å². The van der Waals surface area contributed by atoms with Gasteiger partial charge in [-0.25, -0.2) is 4.79 Å². The molecule has 0 amide bonds. The molecule has 9 heteroatoms. The number of aliphatic hydroxyl groups is 1. The average Bonchev–Trinajstić information content (AvgIpc) is 2.72. The molecule has 2 rings (SSSR count). The lowest BCUT2D eigenvalue weighted by molar-refractivity contribution is -0.0151. The predicted octanol–water partition coefficient (Wildman–Crippen LogP) is -0.196. The molecule has 0 radical (unpaired) electrons. The molecule has 2 heterocycles. The second-order valence-electron chi connectivity index (χ2n) is 4.32. The van der Waals surface area contributed by atoms with E-state index in [9.17, 15) is 14.7 Å². The van der Waals surface area contributed by atoms with Crippen LogP contribution in [-0.2, 0) is 4.74 Å². The molecular weight excluding hydrogens is 254 g/mol. The summed E-state index contributed by atoms with van der Waals surface area (Å²) in [6.45, 7) is 1.56. The molecule has 1 aromatic heterocycles. The maximum atomic E-state index is 11.7. The zero-order chi connectivity index (χ0) is 14.0. The van der Waals surface area contributed by atoms with Gasteiger partial charge < -0.3 is 9.84 Å². The first-order chi connectivity index (χ1) is 9.02. The van der Waals surface area contributed by atoms with E-state index in [1.807, 2.05) is 0 Å². The van der Waals surface area contributed by atoms with Crippen LogP contribution in [0, 0.1) is 6.92 Å². The van der Waals surface area contributed by atoms with Gasteiger partial charge in [0.25, 0.3) is 5.56 Å². The summed E-state index contributed by atoms with van der Waals surface area (Å²) in [5.74, 6) is 0. The highest BCUT2D eigenvalue weighted by molar-refractivity contribution is 5.02. The molecule has 1 fully saturated rings. The molecule has 9 nitrogen and oxygen atoms in total. The number of hydrogen-bond acceptors (Lipinski definition) is 5. The van der Waals surface area contributed by atoms with Gasteiger partial charge in [0.2, 0.25) is 0 Å². The van der Waals surface area contributed by atoms with E-state index in [-0.39, 0.29) is 13.0 Å². The van der Waals surface area contributed by atoms with Gasteiger partial charge in [-0.15, -0.1) is 0 Å². The molecular formula is C10H13N5O4. The van der Waals surface area contributed by atoms with E-state index < -0.39 is 29.7 Å². The number of azide groups is 1. The lowest BCUT2D eigenvalue weighted by atomic mass is 10.2. The fraction of sp³-hybridized carbons (Fsp3) is 0.600. The van der Waals surface area contributed by atoms with Gasteiger partial charge in [0, 0.05) is 23.1 Å². The molecule has 3 atom stereocenters. The van der Waals surface area contributed by atoms with E-state index in [1.165, 1.54) is 10.8 Å². The standard InChI is InChI=1S/C10H13N5O4/c1-5-4-15(10(18)13-9(5)17)8-2-6(16)7(19-8)3-12-14-11/h4,6-8,16H,2-3H2,1H3,(H,13,17,18)/t6-,7-,8-/m1/s1. The largest absolute Gasteiger partial charge is 0.390 e. The Morgan fingerprint density at radius 3 is 3.11 bits per heavy atom. The monoisotopic (exact) mass is 267 g/mol. The number of nitrogens with one attached hydrogen (secondary N) is 1. The van der Waals surface area contributed by atoms with E-state index in [0.29, 0.717) is 5.56 Å². The van der Waals surface area contributed by atoms with Gasteiger partial charge >= 0.3 is 5.69 Å². The van der Waals surface area contributed by atoms with Gasteiger partial charge in [-0.2, -0.15) is 0 Å². The zero-order valence-electron chi connectivity index (χ0n) is 10.2. The Kier molecular flexibility index (Phi) is 3.70. The highest BCUT2D eigenvalue weighted by atomic mass is 16.5. The van der Waals surface area contributed by atoms with Crippen LogP contribution in [0.3, 0.4) is 0 Å². The molecule has 0 saturated carbocycles. The van der Waals surface area contributed by atoms with Crippen LogP contribution < -0.4 is 11.2 Å². The fourth-order valence-corrected chi connectivity index (χ4v) is 1.97. The highest BCUT2D eigenvalue weighted by Gasteiger charge is 2.34. The number of hydrogen-bond donors (Lipinski definition) is 2. The van der Waals surface area contributed by atoms with E-state index in [1.54, 1.807) is 6.92 Å². The Labute approximate surface area is 107 Å². The van der Waals surface area contributed by atoms with Gasteiger partial charge in [0.05, 0.1) is 18.8 Å². The van der Waals surface area contributed by atoms with Crippen molar-refractivity contribution < 1.29 is 9.84 Å². The van der Waals surface area contributed by atoms with Crippen molar-refractivity contribution in [3.63, 3.8) is 0 Å². The molecule has 0 aliphatic carbocycles. The number of aromatic amines is 1. The number of nitrogens with zero attached hydrogens (tertiary/aromatic N) is 4. The summed E-state index contributed by atoms with van der Waals surface area (Å²) in [7, 11) is 0. The van der Waals surface area contributed by atoms with E-state index in [2.05, 4.69) is 15.0 Å². The summed E-state index contributed by atoms with van der Waals surface area (Å²) in [5.41, 5.74) is 7.55. The van der Waals surface area contributed by atoms with Crippen molar-refractivity contribution in [2.75, 3.05) is 6.54 Å². The summed E-state index contributed by atoms with van der Waals surface area (Å²) in [5, 5.41) is 13.1. The van der Waals surface area contributed by atoms with Crippen LogP contribution in [0.2, 0.25) is 0 Å². The molecule has 1 aliphatic rings. The zero-order valence-corrected chi connectivity index (χ0v) is 10.2. The molecule has 2 N–H and O–H groups in total. The van der Waals surface area contributed by atoms with Crippen LogP contribution in [-0.4, -0.2) is 33.4 Å². The molecule has 19 heavy (non-hydrogen) atoms. The molecule has 1 aliphatic heterocycles. The summed E-state index contributed by atoms with van der Waals surface area (Å²) in [6.07, 6.45) is -0.586. The van der Waals surface area contributed by atoms with Crippen LogP contribution in [0.5, 0.6) is 0 Å². The van der Waals surface area contributed by atoms with Crippen molar-refractivity contribution in [2.24, 2.45) is 5.11 Å². The normalized spacial score (nSPS) is 26.1. The molecule has 0 bridgehead atoms. The third-order valence-corrected chi connectivity index (χ3v) is 2.99. The second-order valence-corrected chi connectivity index (χ2v) is 4.32. The molecule has 102 valence electrons. The van der Waals surface area contributed by atoms with Crippen molar-refractivity contribution in [2.45, 2.75) is 31.8 Å². The Hall–Kier alpha value is -2.09. The minimum atomic E-state index is -0.824. The summed E-state index contributed by atoms with van der Waals surface area (Å²) in [6, 6.07) is 0. The molecule has 1 aromatic rings. The lowest BCUT2D eigenvalue weighted by Crippen LogP contribution is -2.33. The maximum Gasteiger partial charge on any atom is 0.330 e. The van der Waals surface area contributed by atoms with Crippen LogP contribution in [0.25, 0.3) is 10.4 Å². The quantitative estimate of drug-likeness (QED) is 0.445. The summed E-state index contributed by atoms with van der Waals surface area (Å²) >= 11 is 0. The summed E-state index contributed by atoms with van der Waals surface area (Å²) < 4.78 is 6.68. The van der Waals surface area contributed by atoms with Gasteiger partial charge in [0.1, 0.15) is 6.23 Å². The average molecular weight is 267 g/mol. The van der Waals surface area contributed by atoms with Crippen molar-refractivity contribution >= 4 is 0 Å². The SMILES string of the molecule is Cc1cn([C@H]2C[C@@H](O)[C@@H](CN=[N+]=[N-])O2)c(=O)[nH]c1=O. The molecule has 0 unspecified atom stereocenters. The van der Waals surface area contributed by atoms with Crippen molar-refractivity contribution in [1.82, 2.24) is 9.55 Å². The molecule has 0 spiro atoms. The third-order valence-electron chi connectivity index (χ3n) is 2.99. The van der Waals surface area contributed by atoms with Crippen LogP contribution in [0.15, 0.2) is 20.9 Å². The highest BCUT2D eigenvalue weighted by Crippen LogP contribution is 2.27. The van der Waals surface area contributed by atoms with Crippen LogP contribution in [0.4, 0.5) is 0 Å². The predicted molar refractivity (Wildman–Crippen MR) is 64.6 cm³/mol. The third kappa shape index (κ3) is 2.68. The number of rotatable bonds is 3. The van der Waals surface area contributed by atoms with E-state index >= 15 is 0 Å². The van der Waals surface area contributed by atoms with Gasteiger partial charge in [-0.05, 0) is 12.5 Å². The number of aryl methyl sites for hydroxylation is 1. The van der Waals surface area contributed by atoms with Gasteiger partial charge in [-0.1, -0.05) is 5.11 Å².